The molecule has 0 unspecified atom stereocenters. The molecule has 0 atom stereocenters. The van der Waals surface area contributed by atoms with Crippen molar-refractivity contribution in [3.8, 4) is 11.5 Å². The molecule has 4 heteroatoms. The number of phenolic OH excluding ortho intramolecular Hbond substituents is 1. The van der Waals surface area contributed by atoms with Gasteiger partial charge in [0.05, 0.1) is 13.7 Å². The van der Waals surface area contributed by atoms with Gasteiger partial charge in [-0.3, -0.25) is 0 Å². The number of methoxy groups -OCH3 is 1. The van der Waals surface area contributed by atoms with Crippen LogP contribution >= 0.6 is 0 Å². The summed E-state index contributed by atoms with van der Waals surface area (Å²) in [7, 11) is 1.52. The predicted octanol–water partition coefficient (Wildman–Crippen LogP) is 2.20. The normalized spacial score (nSPS) is 11.0. The van der Waals surface area contributed by atoms with Crippen LogP contribution in [-0.2, 0) is 4.74 Å². The van der Waals surface area contributed by atoms with Crippen LogP contribution in [0.1, 0.15) is 18.4 Å². The lowest BCUT2D eigenvalue weighted by molar-refractivity contribution is 0.150. The Bertz CT molecular complexity index is 374. The quantitative estimate of drug-likeness (QED) is 0.696. The largest absolute Gasteiger partial charge is 0.504 e. The molecule has 0 aliphatic heterocycles. The second-order valence-corrected chi connectivity index (χ2v) is 3.84. The number of benzene rings is 1. The molecule has 0 aliphatic carbocycles. The van der Waals surface area contributed by atoms with Crippen LogP contribution < -0.4 is 4.74 Å². The van der Waals surface area contributed by atoms with Gasteiger partial charge in [0.15, 0.2) is 11.5 Å². The number of aliphatic hydroxyl groups excluding tert-OH is 1. The molecule has 0 radical (unpaired) electrons. The zero-order valence-corrected chi connectivity index (χ0v) is 10.6. The van der Waals surface area contributed by atoms with E-state index in [0.717, 1.165) is 18.4 Å². The molecular formula is C14H20O4. The van der Waals surface area contributed by atoms with Gasteiger partial charge in [-0.2, -0.15) is 0 Å². The van der Waals surface area contributed by atoms with E-state index >= 15 is 0 Å². The highest BCUT2D eigenvalue weighted by Crippen LogP contribution is 2.26. The lowest BCUT2D eigenvalue weighted by Gasteiger charge is -2.03. The van der Waals surface area contributed by atoms with Gasteiger partial charge in [0, 0.05) is 13.2 Å². The summed E-state index contributed by atoms with van der Waals surface area (Å²) in [5.74, 6) is 0.593. The molecule has 4 nitrogen and oxygen atoms in total. The third-order valence-corrected chi connectivity index (χ3v) is 2.42. The van der Waals surface area contributed by atoms with Gasteiger partial charge in [-0.05, 0) is 30.5 Å². The summed E-state index contributed by atoms with van der Waals surface area (Å²) in [5, 5.41) is 18.0. The Morgan fingerprint density at radius 1 is 1.28 bits per heavy atom. The highest BCUT2D eigenvalue weighted by atomic mass is 16.5. The second-order valence-electron chi connectivity index (χ2n) is 3.84. The van der Waals surface area contributed by atoms with Crippen LogP contribution in [0.4, 0.5) is 0 Å². The van der Waals surface area contributed by atoms with Crippen molar-refractivity contribution < 1.29 is 19.7 Å². The van der Waals surface area contributed by atoms with Gasteiger partial charge in [-0.25, -0.2) is 0 Å². The zero-order valence-electron chi connectivity index (χ0n) is 10.6. The average molecular weight is 252 g/mol. The van der Waals surface area contributed by atoms with E-state index in [-0.39, 0.29) is 12.4 Å². The third kappa shape index (κ3) is 5.21. The summed E-state index contributed by atoms with van der Waals surface area (Å²) in [5.41, 5.74) is 0.948. The molecule has 0 aromatic heterocycles. The highest BCUT2D eigenvalue weighted by Gasteiger charge is 1.99. The molecule has 0 aliphatic rings. The standard InChI is InChI=1S/C14H20O4/c1-17-14-11-12(6-7-13(14)16)5-4-10-18-9-3-2-8-15/h4-7,11,15-16H,2-3,8-10H2,1H3/b5-4+. The fourth-order valence-electron chi connectivity index (χ4n) is 1.45. The van der Waals surface area contributed by atoms with E-state index in [9.17, 15) is 5.11 Å². The first kappa shape index (κ1) is 14.5. The Balaban J connectivity index is 2.33. The van der Waals surface area contributed by atoms with Gasteiger partial charge in [0.2, 0.25) is 0 Å². The highest BCUT2D eigenvalue weighted by molar-refractivity contribution is 5.55. The van der Waals surface area contributed by atoms with Crippen LogP contribution in [0.15, 0.2) is 24.3 Å². The molecule has 1 aromatic rings. The number of hydrogen-bond acceptors (Lipinski definition) is 4. The van der Waals surface area contributed by atoms with E-state index in [4.69, 9.17) is 14.6 Å². The first-order valence-electron chi connectivity index (χ1n) is 6.00. The van der Waals surface area contributed by atoms with Crippen molar-refractivity contribution in [2.75, 3.05) is 26.9 Å². The van der Waals surface area contributed by atoms with Crippen molar-refractivity contribution in [1.29, 1.82) is 0 Å². The molecule has 100 valence electrons. The predicted molar refractivity (Wildman–Crippen MR) is 70.8 cm³/mol. The number of aliphatic hydroxyl groups is 1. The van der Waals surface area contributed by atoms with Crippen LogP contribution in [0.2, 0.25) is 0 Å². The molecule has 18 heavy (non-hydrogen) atoms. The van der Waals surface area contributed by atoms with Gasteiger partial charge in [0.25, 0.3) is 0 Å². The van der Waals surface area contributed by atoms with Gasteiger partial charge in [0.1, 0.15) is 0 Å². The molecule has 0 saturated carbocycles. The van der Waals surface area contributed by atoms with Crippen molar-refractivity contribution in [3.63, 3.8) is 0 Å². The minimum absolute atomic E-state index is 0.134. The Morgan fingerprint density at radius 2 is 2.11 bits per heavy atom. The molecule has 1 rings (SSSR count). The molecule has 2 N–H and O–H groups in total. The Kier molecular flexibility index (Phi) is 6.91. The van der Waals surface area contributed by atoms with Gasteiger partial charge >= 0.3 is 0 Å². The number of rotatable bonds is 8. The summed E-state index contributed by atoms with van der Waals surface area (Å²) in [6.07, 6.45) is 5.47. The number of ether oxygens (including phenoxy) is 2. The van der Waals surface area contributed by atoms with Crippen molar-refractivity contribution in [1.82, 2.24) is 0 Å². The van der Waals surface area contributed by atoms with E-state index in [2.05, 4.69) is 0 Å². The molecule has 0 spiro atoms. The second kappa shape index (κ2) is 8.55. The Hall–Kier alpha value is -1.52. The first-order valence-corrected chi connectivity index (χ1v) is 6.00. The van der Waals surface area contributed by atoms with Crippen LogP contribution in [-0.4, -0.2) is 37.1 Å². The zero-order chi connectivity index (χ0) is 13.2. The lowest BCUT2D eigenvalue weighted by atomic mass is 10.2. The van der Waals surface area contributed by atoms with Crippen molar-refractivity contribution in [2.24, 2.45) is 0 Å². The molecule has 0 bridgehead atoms. The number of phenols is 1. The van der Waals surface area contributed by atoms with E-state index in [0.29, 0.717) is 19.0 Å². The average Bonchev–Trinajstić information content (AvgIpc) is 2.39. The minimum atomic E-state index is 0.134. The summed E-state index contributed by atoms with van der Waals surface area (Å²) >= 11 is 0. The number of aromatic hydroxyl groups is 1. The maximum absolute atomic E-state index is 9.43. The number of unbranched alkanes of at least 4 members (excludes halogenated alkanes) is 1. The lowest BCUT2D eigenvalue weighted by Crippen LogP contribution is -1.95. The van der Waals surface area contributed by atoms with Crippen molar-refractivity contribution in [3.05, 3.63) is 29.8 Å². The molecule has 0 amide bonds. The van der Waals surface area contributed by atoms with Gasteiger partial charge in [-0.1, -0.05) is 18.2 Å². The van der Waals surface area contributed by atoms with Crippen molar-refractivity contribution >= 4 is 6.08 Å². The maximum Gasteiger partial charge on any atom is 0.161 e. The van der Waals surface area contributed by atoms with E-state index in [1.54, 1.807) is 18.2 Å². The van der Waals surface area contributed by atoms with E-state index in [1.807, 2.05) is 12.2 Å². The SMILES string of the molecule is COc1cc(/C=C/COCCCCO)ccc1O. The minimum Gasteiger partial charge on any atom is -0.504 e. The topological polar surface area (TPSA) is 58.9 Å². The van der Waals surface area contributed by atoms with Crippen LogP contribution in [0.5, 0.6) is 11.5 Å². The van der Waals surface area contributed by atoms with Gasteiger partial charge < -0.3 is 19.7 Å². The Labute approximate surface area is 107 Å². The number of hydrogen-bond donors (Lipinski definition) is 2. The maximum atomic E-state index is 9.43. The fourth-order valence-corrected chi connectivity index (χ4v) is 1.45. The molecular weight excluding hydrogens is 232 g/mol. The molecule has 0 fully saturated rings. The molecule has 0 heterocycles. The third-order valence-electron chi connectivity index (χ3n) is 2.42. The summed E-state index contributed by atoms with van der Waals surface area (Å²) in [6, 6.07) is 5.16. The van der Waals surface area contributed by atoms with Crippen LogP contribution in [0, 0.1) is 0 Å². The van der Waals surface area contributed by atoms with Crippen molar-refractivity contribution in [2.45, 2.75) is 12.8 Å². The van der Waals surface area contributed by atoms with E-state index < -0.39 is 0 Å². The molecule has 0 saturated heterocycles. The Morgan fingerprint density at radius 3 is 2.83 bits per heavy atom. The van der Waals surface area contributed by atoms with E-state index in [1.165, 1.54) is 7.11 Å². The van der Waals surface area contributed by atoms with Crippen LogP contribution in [0.25, 0.3) is 6.08 Å². The monoisotopic (exact) mass is 252 g/mol. The molecule has 1 aromatic carbocycles. The van der Waals surface area contributed by atoms with Gasteiger partial charge in [-0.15, -0.1) is 0 Å². The summed E-state index contributed by atoms with van der Waals surface area (Å²) in [4.78, 5) is 0. The fraction of sp³-hybridized carbons (Fsp3) is 0.429. The first-order chi connectivity index (χ1) is 8.77. The van der Waals surface area contributed by atoms with Crippen LogP contribution in [0.3, 0.4) is 0 Å². The summed E-state index contributed by atoms with van der Waals surface area (Å²) in [6.45, 7) is 1.41. The smallest absolute Gasteiger partial charge is 0.161 e. The summed E-state index contributed by atoms with van der Waals surface area (Å²) < 4.78 is 10.4.